The number of hydrogen-bond donors (Lipinski definition) is 0. The van der Waals surface area contributed by atoms with E-state index in [1.165, 1.54) is 65.8 Å². The van der Waals surface area contributed by atoms with Crippen LogP contribution in [0.3, 0.4) is 0 Å². The van der Waals surface area contributed by atoms with Gasteiger partial charge < -0.3 is 18.2 Å². The van der Waals surface area contributed by atoms with Gasteiger partial charge in [-0.25, -0.2) is 9.18 Å². The van der Waals surface area contributed by atoms with Gasteiger partial charge in [0.1, 0.15) is 22.2 Å². The lowest BCUT2D eigenvalue weighted by Crippen LogP contribution is -2.30. The van der Waals surface area contributed by atoms with E-state index in [0.717, 1.165) is 6.07 Å². The van der Waals surface area contributed by atoms with E-state index in [9.17, 15) is 22.4 Å². The lowest BCUT2D eigenvalue weighted by Gasteiger charge is -2.22. The predicted molar refractivity (Wildman–Crippen MR) is 140 cm³/mol. The van der Waals surface area contributed by atoms with E-state index in [1.54, 1.807) is 38.1 Å². The van der Waals surface area contributed by atoms with Crippen LogP contribution in [0.2, 0.25) is 0 Å². The van der Waals surface area contributed by atoms with Crippen molar-refractivity contribution in [3.63, 3.8) is 0 Å². The molecular formula is C29H26FNO7S. The maximum absolute atomic E-state index is 13.7. The maximum atomic E-state index is 13.7. The molecular weight excluding hydrogens is 525 g/mol. The van der Waals surface area contributed by atoms with E-state index < -0.39 is 33.9 Å². The van der Waals surface area contributed by atoms with Crippen LogP contribution in [0.25, 0.3) is 0 Å². The van der Waals surface area contributed by atoms with Crippen LogP contribution in [0.15, 0.2) is 101 Å². The highest BCUT2D eigenvalue weighted by molar-refractivity contribution is 7.87. The fraction of sp³-hybridized carbons (Fsp3) is 0.172. The molecule has 0 fully saturated rings. The Bertz CT molecular complexity index is 1550. The first-order valence-corrected chi connectivity index (χ1v) is 13.4. The molecule has 3 aromatic carbocycles. The predicted octanol–water partition coefficient (Wildman–Crippen LogP) is 5.59. The Kier molecular flexibility index (Phi) is 8.46. The van der Waals surface area contributed by atoms with Gasteiger partial charge in [-0.1, -0.05) is 30.3 Å². The first-order chi connectivity index (χ1) is 18.6. The molecule has 0 N–H and O–H groups in total. The Labute approximate surface area is 225 Å². The number of furan rings is 1. The summed E-state index contributed by atoms with van der Waals surface area (Å²) in [5, 5.41) is 0. The minimum Gasteiger partial charge on any atom is -0.467 e. The highest BCUT2D eigenvalue weighted by atomic mass is 32.2. The average molecular weight is 552 g/mol. The molecule has 0 spiro atoms. The van der Waals surface area contributed by atoms with E-state index in [2.05, 4.69) is 0 Å². The van der Waals surface area contributed by atoms with Crippen molar-refractivity contribution >= 4 is 22.0 Å². The third kappa shape index (κ3) is 7.11. The van der Waals surface area contributed by atoms with Crippen molar-refractivity contribution in [3.05, 3.63) is 119 Å². The average Bonchev–Trinajstić information content (AvgIpc) is 3.41. The molecule has 8 nitrogen and oxygen atoms in total. The second-order valence-corrected chi connectivity index (χ2v) is 10.4. The van der Waals surface area contributed by atoms with Gasteiger partial charge in [-0.15, -0.1) is 0 Å². The number of amides is 1. The fourth-order valence-electron chi connectivity index (χ4n) is 3.77. The molecule has 0 unspecified atom stereocenters. The smallest absolute Gasteiger partial charge is 0.340 e. The molecule has 39 heavy (non-hydrogen) atoms. The Hall–Kier alpha value is -4.44. The van der Waals surface area contributed by atoms with Crippen LogP contribution in [0.1, 0.15) is 45.9 Å². The Morgan fingerprint density at radius 3 is 2.33 bits per heavy atom. The molecule has 10 heteroatoms. The highest BCUT2D eigenvalue weighted by Gasteiger charge is 2.26. The number of nitrogens with zero attached hydrogens (tertiary/aromatic N) is 1. The van der Waals surface area contributed by atoms with E-state index in [0.29, 0.717) is 11.3 Å². The zero-order valence-corrected chi connectivity index (χ0v) is 22.1. The largest absolute Gasteiger partial charge is 0.467 e. The second kappa shape index (κ2) is 12.0. The molecule has 4 aromatic rings. The molecule has 0 saturated heterocycles. The van der Waals surface area contributed by atoms with Gasteiger partial charge in [0.15, 0.2) is 0 Å². The lowest BCUT2D eigenvalue weighted by molar-refractivity contribution is 0.0372. The lowest BCUT2D eigenvalue weighted by atomic mass is 10.1. The second-order valence-electron chi connectivity index (χ2n) is 8.88. The fourth-order valence-corrected chi connectivity index (χ4v) is 4.89. The molecule has 0 radical (unpaired) electrons. The van der Waals surface area contributed by atoms with E-state index in [1.807, 2.05) is 0 Å². The van der Waals surface area contributed by atoms with E-state index in [-0.39, 0.29) is 34.9 Å². The number of carbonyl (C=O) groups excluding carboxylic acids is 2. The molecule has 0 atom stereocenters. The summed E-state index contributed by atoms with van der Waals surface area (Å²) in [6, 6.07) is 20.6. The third-order valence-corrected chi connectivity index (χ3v) is 6.81. The SMILES string of the molecule is CC(C)OC(=O)c1ccccc1S(=O)(=O)Oc1ccc(CN(Cc2ccco2)C(=O)c2cccc(F)c2)cc1. The van der Waals surface area contributed by atoms with Gasteiger partial charge in [0.05, 0.1) is 24.5 Å². The zero-order chi connectivity index (χ0) is 28.0. The number of halogens is 1. The van der Waals surface area contributed by atoms with Crippen molar-refractivity contribution in [1.29, 1.82) is 0 Å². The van der Waals surface area contributed by atoms with Crippen LogP contribution in [-0.2, 0) is 27.9 Å². The highest BCUT2D eigenvalue weighted by Crippen LogP contribution is 2.24. The maximum Gasteiger partial charge on any atom is 0.340 e. The van der Waals surface area contributed by atoms with Gasteiger partial charge in [0, 0.05) is 12.1 Å². The summed E-state index contributed by atoms with van der Waals surface area (Å²) in [7, 11) is -4.36. The van der Waals surface area contributed by atoms with Crippen LogP contribution in [-0.4, -0.2) is 31.3 Å². The normalized spacial score (nSPS) is 11.3. The molecule has 4 rings (SSSR count). The molecule has 1 amide bonds. The summed E-state index contributed by atoms with van der Waals surface area (Å²) in [4.78, 5) is 26.7. The summed E-state index contributed by atoms with van der Waals surface area (Å²) < 4.78 is 55.6. The van der Waals surface area contributed by atoms with Crippen LogP contribution >= 0.6 is 0 Å². The summed E-state index contributed by atoms with van der Waals surface area (Å²) in [6.45, 7) is 3.59. The number of hydrogen-bond acceptors (Lipinski definition) is 7. The minimum atomic E-state index is -4.36. The van der Waals surface area contributed by atoms with Crippen LogP contribution in [0.4, 0.5) is 4.39 Å². The first-order valence-electron chi connectivity index (χ1n) is 12.0. The molecule has 1 heterocycles. The number of ether oxygens (including phenoxy) is 1. The summed E-state index contributed by atoms with van der Waals surface area (Å²) >= 11 is 0. The molecule has 0 aliphatic rings. The standard InChI is InChI=1S/C29H26FNO7S/c1-20(2)37-29(33)26-10-3-4-11-27(26)39(34,35)38-24-14-12-21(13-15-24)18-31(19-25-9-6-16-36-25)28(32)22-7-5-8-23(30)17-22/h3-17,20H,18-19H2,1-2H3. The van der Waals surface area contributed by atoms with Gasteiger partial charge in [0.25, 0.3) is 5.91 Å². The van der Waals surface area contributed by atoms with Crippen molar-refractivity contribution in [2.75, 3.05) is 0 Å². The summed E-state index contributed by atoms with van der Waals surface area (Å²) in [6.07, 6.45) is 1.06. The van der Waals surface area contributed by atoms with E-state index >= 15 is 0 Å². The van der Waals surface area contributed by atoms with Crippen molar-refractivity contribution in [2.24, 2.45) is 0 Å². The quantitative estimate of drug-likeness (QED) is 0.187. The van der Waals surface area contributed by atoms with Crippen molar-refractivity contribution in [2.45, 2.75) is 37.9 Å². The van der Waals surface area contributed by atoms with Gasteiger partial charge in [0.2, 0.25) is 0 Å². The van der Waals surface area contributed by atoms with Crippen molar-refractivity contribution < 1.29 is 35.7 Å². The number of carbonyl (C=O) groups is 2. The van der Waals surface area contributed by atoms with Gasteiger partial charge >= 0.3 is 16.1 Å². The number of benzene rings is 3. The number of esters is 1. The number of rotatable bonds is 10. The topological polar surface area (TPSA) is 103 Å². The molecule has 0 saturated carbocycles. The minimum absolute atomic E-state index is 0.0137. The van der Waals surface area contributed by atoms with Gasteiger partial charge in [-0.05, 0) is 74.0 Å². The molecule has 0 bridgehead atoms. The Morgan fingerprint density at radius 1 is 0.923 bits per heavy atom. The first kappa shape index (κ1) is 27.6. The van der Waals surface area contributed by atoms with Gasteiger partial charge in [-0.2, -0.15) is 8.42 Å². The van der Waals surface area contributed by atoms with Crippen LogP contribution in [0, 0.1) is 5.82 Å². The van der Waals surface area contributed by atoms with E-state index in [4.69, 9.17) is 13.3 Å². The monoisotopic (exact) mass is 551 g/mol. The van der Waals surface area contributed by atoms with Crippen LogP contribution < -0.4 is 4.18 Å². The third-order valence-electron chi connectivity index (χ3n) is 5.51. The molecule has 1 aromatic heterocycles. The molecule has 0 aliphatic carbocycles. The molecule has 0 aliphatic heterocycles. The Balaban J connectivity index is 1.53. The Morgan fingerprint density at radius 2 is 1.67 bits per heavy atom. The van der Waals surface area contributed by atoms with Crippen LogP contribution in [0.5, 0.6) is 5.75 Å². The van der Waals surface area contributed by atoms with Gasteiger partial charge in [-0.3, -0.25) is 4.79 Å². The zero-order valence-electron chi connectivity index (χ0n) is 21.2. The van der Waals surface area contributed by atoms with Crippen molar-refractivity contribution in [1.82, 2.24) is 4.90 Å². The summed E-state index contributed by atoms with van der Waals surface area (Å²) in [5.41, 5.74) is 0.714. The van der Waals surface area contributed by atoms with Crippen molar-refractivity contribution in [3.8, 4) is 5.75 Å². The molecule has 202 valence electrons. The summed E-state index contributed by atoms with van der Waals surface area (Å²) in [5.74, 6) is -1.15.